The van der Waals surface area contributed by atoms with Crippen molar-refractivity contribution >= 4 is 63.3 Å². The number of carbonyl (C=O) groups is 2. The number of rotatable bonds is 17. The molecule has 4 aromatic rings. The molecule has 1 aliphatic rings. The van der Waals surface area contributed by atoms with Gasteiger partial charge >= 0.3 is 11.9 Å². The molecule has 3 aromatic carbocycles. The standard InChI is InChI=1S/C40H50N4O5S3/c1-9-42(10-2)30-19-17-29(18-20-30)40(32-25-36(51-8)33(26-35(32)50-7)43(11-3)12-4)38-37(31-15-13-14-16-34(31)49-40)41-39(52-38)44(21-23-47-27(5)45)22-24-48-28(6)46/h13-20,25-26H,9-12,21-24H2,1-8H3. The molecule has 0 amide bonds. The summed E-state index contributed by atoms with van der Waals surface area (Å²) in [5.41, 5.74) is 5.10. The maximum atomic E-state index is 11.7. The van der Waals surface area contributed by atoms with E-state index in [0.717, 1.165) is 74.9 Å². The number of nitrogens with zero attached hydrogens (tertiary/aromatic N) is 4. The summed E-state index contributed by atoms with van der Waals surface area (Å²) in [6.07, 6.45) is 4.26. The Balaban J connectivity index is 1.81. The van der Waals surface area contributed by atoms with Crippen molar-refractivity contribution in [3.05, 3.63) is 76.7 Å². The van der Waals surface area contributed by atoms with Gasteiger partial charge < -0.3 is 28.9 Å². The summed E-state index contributed by atoms with van der Waals surface area (Å²) in [7, 11) is 0. The molecule has 1 unspecified atom stereocenters. The van der Waals surface area contributed by atoms with Gasteiger partial charge in [0.1, 0.15) is 19.0 Å². The van der Waals surface area contributed by atoms with Crippen LogP contribution in [-0.2, 0) is 24.7 Å². The summed E-state index contributed by atoms with van der Waals surface area (Å²) in [6, 6.07) is 21.5. The molecule has 12 heteroatoms. The number of hydrogen-bond acceptors (Lipinski definition) is 12. The van der Waals surface area contributed by atoms with Crippen LogP contribution < -0.4 is 19.4 Å². The van der Waals surface area contributed by atoms with Gasteiger partial charge in [0.2, 0.25) is 0 Å². The number of esters is 2. The Hall–Kier alpha value is -3.87. The van der Waals surface area contributed by atoms with E-state index in [1.165, 1.54) is 24.4 Å². The van der Waals surface area contributed by atoms with Crippen molar-refractivity contribution in [2.24, 2.45) is 0 Å². The van der Waals surface area contributed by atoms with Crippen molar-refractivity contribution in [3.8, 4) is 17.0 Å². The van der Waals surface area contributed by atoms with Gasteiger partial charge in [-0.15, -0.1) is 23.5 Å². The predicted octanol–water partition coefficient (Wildman–Crippen LogP) is 8.56. The molecular weight excluding hydrogens is 713 g/mol. The van der Waals surface area contributed by atoms with Crippen LogP contribution in [0.15, 0.2) is 70.5 Å². The first-order valence-electron chi connectivity index (χ1n) is 17.8. The van der Waals surface area contributed by atoms with Gasteiger partial charge in [0.25, 0.3) is 0 Å². The summed E-state index contributed by atoms with van der Waals surface area (Å²) in [6.45, 7) is 16.3. The average molecular weight is 763 g/mol. The first-order chi connectivity index (χ1) is 25.1. The van der Waals surface area contributed by atoms with E-state index >= 15 is 0 Å². The fourth-order valence-corrected chi connectivity index (χ4v) is 9.30. The van der Waals surface area contributed by atoms with Gasteiger partial charge in [-0.25, -0.2) is 4.98 Å². The predicted molar refractivity (Wildman–Crippen MR) is 217 cm³/mol. The minimum atomic E-state index is -1.05. The molecule has 0 N–H and O–H groups in total. The van der Waals surface area contributed by atoms with Gasteiger partial charge in [-0.05, 0) is 76.6 Å². The number of fused-ring (bicyclic) bond motifs is 3. The van der Waals surface area contributed by atoms with Gasteiger partial charge in [-0.2, -0.15) is 0 Å². The third-order valence-corrected chi connectivity index (χ3v) is 12.1. The Morgan fingerprint density at radius 3 is 1.94 bits per heavy atom. The Morgan fingerprint density at radius 1 is 0.788 bits per heavy atom. The molecule has 1 atom stereocenters. The zero-order chi connectivity index (χ0) is 37.4. The molecule has 0 aliphatic carbocycles. The van der Waals surface area contributed by atoms with Crippen molar-refractivity contribution in [3.63, 3.8) is 0 Å². The Labute approximate surface area is 321 Å². The lowest BCUT2D eigenvalue weighted by atomic mass is 9.81. The summed E-state index contributed by atoms with van der Waals surface area (Å²) in [5, 5.41) is 0.726. The third-order valence-electron chi connectivity index (χ3n) is 9.33. The first kappa shape index (κ1) is 39.3. The number of benzene rings is 3. The normalized spacial score (nSPS) is 14.5. The number of carbonyl (C=O) groups excluding carboxylic acids is 2. The quantitative estimate of drug-likeness (QED) is 0.0767. The maximum Gasteiger partial charge on any atom is 0.302 e. The molecule has 1 aromatic heterocycles. The van der Waals surface area contributed by atoms with Gasteiger partial charge in [-0.1, -0.05) is 35.6 Å². The van der Waals surface area contributed by atoms with E-state index in [9.17, 15) is 9.59 Å². The van der Waals surface area contributed by atoms with E-state index in [0.29, 0.717) is 13.1 Å². The molecule has 0 fully saturated rings. The third kappa shape index (κ3) is 8.04. The van der Waals surface area contributed by atoms with Gasteiger partial charge in [0.15, 0.2) is 10.7 Å². The number of para-hydroxylation sites is 1. The zero-order valence-electron chi connectivity index (χ0n) is 31.5. The molecule has 1 aliphatic heterocycles. The lowest BCUT2D eigenvalue weighted by Gasteiger charge is -2.40. The number of anilines is 3. The van der Waals surface area contributed by atoms with E-state index < -0.39 is 5.60 Å². The van der Waals surface area contributed by atoms with Crippen LogP contribution in [0.5, 0.6) is 5.75 Å². The molecule has 0 radical (unpaired) electrons. The fraction of sp³-hybridized carbons (Fsp3) is 0.425. The highest BCUT2D eigenvalue weighted by Gasteiger charge is 2.49. The Kier molecular flexibility index (Phi) is 13.4. The Morgan fingerprint density at radius 2 is 1.38 bits per heavy atom. The number of aromatic nitrogens is 1. The van der Waals surface area contributed by atoms with Crippen molar-refractivity contribution in [1.82, 2.24) is 4.98 Å². The molecular formula is C40H50N4O5S3. The number of ether oxygens (including phenoxy) is 3. The van der Waals surface area contributed by atoms with Gasteiger partial charge in [0.05, 0.1) is 29.3 Å². The van der Waals surface area contributed by atoms with Crippen molar-refractivity contribution < 1.29 is 23.8 Å². The van der Waals surface area contributed by atoms with Crippen molar-refractivity contribution in [2.45, 2.75) is 56.9 Å². The minimum Gasteiger partial charge on any atom is -0.471 e. The van der Waals surface area contributed by atoms with E-state index in [1.54, 1.807) is 34.9 Å². The van der Waals surface area contributed by atoms with Crippen LogP contribution in [0, 0.1) is 0 Å². The number of hydrogen-bond donors (Lipinski definition) is 0. The summed E-state index contributed by atoms with van der Waals surface area (Å²) in [4.78, 5) is 38.8. The highest BCUT2D eigenvalue weighted by molar-refractivity contribution is 7.99. The van der Waals surface area contributed by atoms with Crippen molar-refractivity contribution in [1.29, 1.82) is 0 Å². The highest BCUT2D eigenvalue weighted by atomic mass is 32.2. The summed E-state index contributed by atoms with van der Waals surface area (Å²) in [5.74, 6) is 0.0436. The van der Waals surface area contributed by atoms with E-state index in [1.807, 2.05) is 23.1 Å². The van der Waals surface area contributed by atoms with E-state index in [4.69, 9.17) is 19.2 Å². The number of thioether (sulfide) groups is 2. The molecule has 52 heavy (non-hydrogen) atoms. The van der Waals surface area contributed by atoms with Crippen LogP contribution in [-0.4, -0.2) is 81.9 Å². The van der Waals surface area contributed by atoms with Crippen LogP contribution in [0.4, 0.5) is 16.5 Å². The summed E-state index contributed by atoms with van der Waals surface area (Å²) < 4.78 is 18.2. The van der Waals surface area contributed by atoms with Crippen LogP contribution in [0.2, 0.25) is 0 Å². The lowest BCUT2D eigenvalue weighted by molar-refractivity contribution is -0.141. The van der Waals surface area contributed by atoms with Crippen LogP contribution in [0.1, 0.15) is 57.5 Å². The molecule has 278 valence electrons. The summed E-state index contributed by atoms with van der Waals surface area (Å²) >= 11 is 5.03. The van der Waals surface area contributed by atoms with E-state index in [2.05, 4.69) is 92.5 Å². The van der Waals surface area contributed by atoms with Crippen LogP contribution in [0.25, 0.3) is 11.3 Å². The van der Waals surface area contributed by atoms with Crippen molar-refractivity contribution in [2.75, 3.05) is 79.7 Å². The van der Waals surface area contributed by atoms with E-state index in [-0.39, 0.29) is 25.2 Å². The second-order valence-corrected chi connectivity index (χ2v) is 14.9. The van der Waals surface area contributed by atoms with Gasteiger partial charge in [0, 0.05) is 72.2 Å². The minimum absolute atomic E-state index is 0.172. The maximum absolute atomic E-state index is 11.7. The lowest BCUT2D eigenvalue weighted by Crippen LogP contribution is -2.38. The monoisotopic (exact) mass is 762 g/mol. The zero-order valence-corrected chi connectivity index (χ0v) is 33.9. The molecule has 0 spiro atoms. The molecule has 0 bridgehead atoms. The molecule has 9 nitrogen and oxygen atoms in total. The second-order valence-electron chi connectivity index (χ2n) is 12.2. The second kappa shape index (κ2) is 17.8. The Bertz CT molecular complexity index is 1820. The molecule has 5 rings (SSSR count). The largest absolute Gasteiger partial charge is 0.471 e. The molecule has 0 saturated heterocycles. The average Bonchev–Trinajstić information content (AvgIpc) is 3.61. The molecule has 2 heterocycles. The topological polar surface area (TPSA) is 84.4 Å². The fourth-order valence-electron chi connectivity index (χ4n) is 6.72. The smallest absolute Gasteiger partial charge is 0.302 e. The SMILES string of the molecule is CCN(CC)c1ccc(C2(c3cc(SC)c(N(CC)CC)cc3SC)Oc3ccccc3-c3nc(N(CCOC(C)=O)CCOC(C)=O)sc32)cc1. The highest BCUT2D eigenvalue weighted by Crippen LogP contribution is 2.57. The number of thiazole rings is 1. The van der Waals surface area contributed by atoms with Crippen LogP contribution in [0.3, 0.4) is 0 Å². The van der Waals surface area contributed by atoms with Crippen LogP contribution >= 0.6 is 34.9 Å². The molecule has 0 saturated carbocycles. The van der Waals surface area contributed by atoms with Gasteiger partial charge in [-0.3, -0.25) is 9.59 Å². The first-order valence-corrected chi connectivity index (χ1v) is 21.1.